The van der Waals surface area contributed by atoms with Gasteiger partial charge in [-0.3, -0.25) is 0 Å². The van der Waals surface area contributed by atoms with Crippen molar-refractivity contribution in [2.45, 2.75) is 13.1 Å². The van der Waals surface area contributed by atoms with Crippen molar-refractivity contribution in [1.29, 1.82) is 0 Å². The molecule has 0 fully saturated rings. The Balaban J connectivity index is 1.32. The summed E-state index contributed by atoms with van der Waals surface area (Å²) in [5.74, 6) is 3.02. The standard InChI is InChI=1S/C27H26N4O4/c1-32-24-12-18-11-22(20-15-30-27-19(20)4-3-7-29-27)31(21(18)13-25(24)33-2)9-8-28-14-17-5-6-23-26(10-17)35-16-34-23/h3-7,10-13,15,28H,8-9,14,16H2,1-2H3,(H,29,30). The molecule has 3 aromatic heterocycles. The van der Waals surface area contributed by atoms with E-state index in [2.05, 4.69) is 38.1 Å². The molecule has 178 valence electrons. The Morgan fingerprint density at radius 2 is 1.89 bits per heavy atom. The topological polar surface area (TPSA) is 82.6 Å². The highest BCUT2D eigenvalue weighted by Crippen LogP contribution is 2.38. The van der Waals surface area contributed by atoms with Crippen LogP contribution >= 0.6 is 0 Å². The number of rotatable bonds is 8. The van der Waals surface area contributed by atoms with E-state index in [1.54, 1.807) is 20.4 Å². The molecule has 2 aromatic carbocycles. The molecular weight excluding hydrogens is 444 g/mol. The number of aromatic nitrogens is 3. The van der Waals surface area contributed by atoms with Crippen LogP contribution in [0.4, 0.5) is 0 Å². The van der Waals surface area contributed by atoms with Crippen LogP contribution in [0.25, 0.3) is 33.2 Å². The van der Waals surface area contributed by atoms with Gasteiger partial charge in [-0.25, -0.2) is 4.98 Å². The van der Waals surface area contributed by atoms with Crippen LogP contribution in [-0.4, -0.2) is 42.1 Å². The number of hydrogen-bond acceptors (Lipinski definition) is 6. The van der Waals surface area contributed by atoms with Crippen LogP contribution in [0.5, 0.6) is 23.0 Å². The first-order valence-electron chi connectivity index (χ1n) is 11.5. The summed E-state index contributed by atoms with van der Waals surface area (Å²) < 4.78 is 24.4. The Morgan fingerprint density at radius 1 is 1.03 bits per heavy atom. The van der Waals surface area contributed by atoms with Crippen molar-refractivity contribution < 1.29 is 18.9 Å². The fourth-order valence-electron chi connectivity index (χ4n) is 4.69. The normalized spacial score (nSPS) is 12.5. The van der Waals surface area contributed by atoms with Gasteiger partial charge in [0.15, 0.2) is 23.0 Å². The molecule has 2 N–H and O–H groups in total. The fraction of sp³-hybridized carbons (Fsp3) is 0.222. The van der Waals surface area contributed by atoms with Gasteiger partial charge < -0.3 is 33.8 Å². The lowest BCUT2D eigenvalue weighted by atomic mass is 10.1. The number of nitrogens with zero attached hydrogens (tertiary/aromatic N) is 2. The van der Waals surface area contributed by atoms with E-state index in [-0.39, 0.29) is 6.79 Å². The molecule has 0 saturated carbocycles. The molecule has 0 atom stereocenters. The van der Waals surface area contributed by atoms with Gasteiger partial charge in [-0.1, -0.05) is 6.07 Å². The quantitative estimate of drug-likeness (QED) is 0.319. The van der Waals surface area contributed by atoms with Crippen LogP contribution in [0.3, 0.4) is 0 Å². The second-order valence-corrected chi connectivity index (χ2v) is 8.41. The summed E-state index contributed by atoms with van der Waals surface area (Å²) in [6.07, 6.45) is 3.82. The maximum absolute atomic E-state index is 5.60. The van der Waals surface area contributed by atoms with Gasteiger partial charge in [0.2, 0.25) is 6.79 Å². The zero-order valence-electron chi connectivity index (χ0n) is 19.6. The van der Waals surface area contributed by atoms with Gasteiger partial charge in [-0.05, 0) is 42.0 Å². The Hall–Kier alpha value is -4.17. The van der Waals surface area contributed by atoms with Crippen LogP contribution < -0.4 is 24.3 Å². The fourth-order valence-corrected chi connectivity index (χ4v) is 4.69. The molecule has 5 aromatic rings. The average Bonchev–Trinajstić information content (AvgIpc) is 3.62. The second-order valence-electron chi connectivity index (χ2n) is 8.41. The number of nitrogens with one attached hydrogen (secondary N) is 2. The van der Waals surface area contributed by atoms with Gasteiger partial charge in [-0.15, -0.1) is 0 Å². The number of aromatic amines is 1. The van der Waals surface area contributed by atoms with E-state index >= 15 is 0 Å². The highest BCUT2D eigenvalue weighted by molar-refractivity contribution is 5.97. The predicted molar refractivity (Wildman–Crippen MR) is 134 cm³/mol. The third-order valence-corrected chi connectivity index (χ3v) is 6.41. The van der Waals surface area contributed by atoms with Crippen LogP contribution in [0.15, 0.2) is 60.9 Å². The van der Waals surface area contributed by atoms with E-state index in [9.17, 15) is 0 Å². The highest BCUT2D eigenvalue weighted by Gasteiger charge is 2.18. The Morgan fingerprint density at radius 3 is 2.77 bits per heavy atom. The van der Waals surface area contributed by atoms with E-state index in [4.69, 9.17) is 18.9 Å². The number of ether oxygens (including phenoxy) is 4. The first kappa shape index (κ1) is 21.4. The monoisotopic (exact) mass is 470 g/mol. The van der Waals surface area contributed by atoms with E-state index in [0.717, 1.165) is 69.9 Å². The van der Waals surface area contributed by atoms with Gasteiger partial charge in [0.05, 0.1) is 25.4 Å². The highest BCUT2D eigenvalue weighted by atomic mass is 16.7. The molecule has 8 nitrogen and oxygen atoms in total. The lowest BCUT2D eigenvalue weighted by molar-refractivity contribution is 0.174. The summed E-state index contributed by atoms with van der Waals surface area (Å²) in [6.45, 7) is 2.57. The molecule has 4 heterocycles. The van der Waals surface area contributed by atoms with Crippen molar-refractivity contribution >= 4 is 21.9 Å². The number of fused-ring (bicyclic) bond motifs is 3. The minimum Gasteiger partial charge on any atom is -0.493 e. The van der Waals surface area contributed by atoms with Gasteiger partial charge in [0.25, 0.3) is 0 Å². The smallest absolute Gasteiger partial charge is 0.231 e. The number of hydrogen-bond donors (Lipinski definition) is 2. The molecule has 0 radical (unpaired) electrons. The zero-order chi connectivity index (χ0) is 23.8. The van der Waals surface area contributed by atoms with Gasteiger partial charge in [-0.2, -0.15) is 0 Å². The van der Waals surface area contributed by atoms with Crippen molar-refractivity contribution in [3.63, 3.8) is 0 Å². The van der Waals surface area contributed by atoms with Crippen LogP contribution in [0.1, 0.15) is 5.56 Å². The average molecular weight is 471 g/mol. The maximum Gasteiger partial charge on any atom is 0.231 e. The summed E-state index contributed by atoms with van der Waals surface area (Å²) in [5, 5.41) is 5.74. The Kier molecular flexibility index (Phi) is 5.42. The molecule has 0 spiro atoms. The first-order valence-corrected chi connectivity index (χ1v) is 11.5. The largest absolute Gasteiger partial charge is 0.493 e. The van der Waals surface area contributed by atoms with Crippen LogP contribution in [0, 0.1) is 0 Å². The van der Waals surface area contributed by atoms with E-state index in [1.807, 2.05) is 36.5 Å². The summed E-state index contributed by atoms with van der Waals surface area (Å²) in [4.78, 5) is 7.76. The number of methoxy groups -OCH3 is 2. The molecule has 35 heavy (non-hydrogen) atoms. The molecule has 0 saturated heterocycles. The summed E-state index contributed by atoms with van der Waals surface area (Å²) in [7, 11) is 3.32. The third-order valence-electron chi connectivity index (χ3n) is 6.41. The zero-order valence-corrected chi connectivity index (χ0v) is 19.6. The molecule has 0 bridgehead atoms. The van der Waals surface area contributed by atoms with Gasteiger partial charge in [0.1, 0.15) is 5.65 Å². The lowest BCUT2D eigenvalue weighted by Crippen LogP contribution is -2.19. The second kappa shape index (κ2) is 8.88. The van der Waals surface area contributed by atoms with Crippen molar-refractivity contribution in [3.05, 3.63) is 66.5 Å². The van der Waals surface area contributed by atoms with Crippen LogP contribution in [0.2, 0.25) is 0 Å². The predicted octanol–water partition coefficient (Wildman–Crippen LogP) is 4.72. The van der Waals surface area contributed by atoms with Crippen molar-refractivity contribution in [2.24, 2.45) is 0 Å². The number of pyridine rings is 1. The Labute approximate surface area is 202 Å². The van der Waals surface area contributed by atoms with Crippen LogP contribution in [-0.2, 0) is 13.1 Å². The minimum absolute atomic E-state index is 0.285. The number of H-pyrrole nitrogens is 1. The molecule has 0 unspecified atom stereocenters. The van der Waals surface area contributed by atoms with Gasteiger partial charge in [0, 0.05) is 54.4 Å². The summed E-state index contributed by atoms with van der Waals surface area (Å²) >= 11 is 0. The maximum atomic E-state index is 5.60. The van der Waals surface area contributed by atoms with Crippen molar-refractivity contribution in [3.8, 4) is 34.3 Å². The molecule has 1 aliphatic rings. The first-order chi connectivity index (χ1) is 17.2. The van der Waals surface area contributed by atoms with E-state index in [1.165, 1.54) is 0 Å². The summed E-state index contributed by atoms with van der Waals surface area (Å²) in [5.41, 5.74) is 5.33. The molecular formula is C27H26N4O4. The van der Waals surface area contributed by atoms with E-state index < -0.39 is 0 Å². The SMILES string of the molecule is COc1cc2cc(-c3c[nH]c4ncccc34)n(CCNCc3ccc4c(c3)OCO4)c2cc1OC. The van der Waals surface area contributed by atoms with Gasteiger partial charge >= 0.3 is 0 Å². The third kappa shape index (κ3) is 3.81. The minimum atomic E-state index is 0.285. The van der Waals surface area contributed by atoms with Crippen molar-refractivity contribution in [1.82, 2.24) is 19.9 Å². The van der Waals surface area contributed by atoms with Crippen molar-refractivity contribution in [2.75, 3.05) is 27.6 Å². The molecule has 6 rings (SSSR count). The molecule has 0 aliphatic carbocycles. The molecule has 0 amide bonds. The molecule has 8 heteroatoms. The lowest BCUT2D eigenvalue weighted by Gasteiger charge is -2.13. The number of benzene rings is 2. The molecule has 1 aliphatic heterocycles. The Bertz CT molecular complexity index is 1520. The van der Waals surface area contributed by atoms with E-state index in [0.29, 0.717) is 11.5 Å². The summed E-state index contributed by atoms with van der Waals surface area (Å²) in [6, 6.07) is 16.4.